The van der Waals surface area contributed by atoms with Crippen molar-refractivity contribution < 1.29 is 19.4 Å². The number of hydrogen-bond donors (Lipinski definition) is 0. The van der Waals surface area contributed by atoms with Crippen LogP contribution in [0.2, 0.25) is 0 Å². The van der Waals surface area contributed by atoms with Crippen LogP contribution in [0.4, 0.5) is 0 Å². The number of hydrazine groups is 1. The van der Waals surface area contributed by atoms with Crippen molar-refractivity contribution in [3.8, 4) is 0 Å². The molecule has 2 rings (SSSR count). The largest absolute Gasteiger partial charge is 0.569 e. The minimum absolute atomic E-state index is 0.304. The lowest BCUT2D eigenvalue weighted by Crippen LogP contribution is -2.33. The summed E-state index contributed by atoms with van der Waals surface area (Å²) in [5, 5.41) is 16.2. The van der Waals surface area contributed by atoms with Crippen LogP contribution in [0, 0.1) is 5.21 Å². The first-order chi connectivity index (χ1) is 10.1. The Labute approximate surface area is 121 Å². The standard InChI is InChI=1S/C13H16N4O4/c1-3-15(4-2)17(20)14-21-9-16-12(18)10-7-5-6-8-11(10)13(16)19/h5-8H,3-4,9H2,1-2H3/b17-14+. The molecule has 1 aliphatic heterocycles. The van der Waals surface area contributed by atoms with E-state index in [-0.39, 0.29) is 0 Å². The fraction of sp³-hybridized carbons (Fsp3) is 0.385. The van der Waals surface area contributed by atoms with Gasteiger partial charge in [-0.05, 0) is 26.0 Å². The van der Waals surface area contributed by atoms with Gasteiger partial charge in [-0.3, -0.25) is 9.59 Å². The van der Waals surface area contributed by atoms with Crippen LogP contribution >= 0.6 is 0 Å². The minimum atomic E-state index is -0.453. The maximum Gasteiger partial charge on any atom is 0.264 e. The van der Waals surface area contributed by atoms with Crippen LogP contribution in [0.25, 0.3) is 0 Å². The maximum absolute atomic E-state index is 12.0. The Bertz CT molecular complexity index is 548. The molecule has 21 heavy (non-hydrogen) atoms. The van der Waals surface area contributed by atoms with Crippen LogP contribution < -0.4 is 0 Å². The summed E-state index contributed by atoms with van der Waals surface area (Å²) in [6.07, 6.45) is 0. The highest BCUT2D eigenvalue weighted by Crippen LogP contribution is 2.21. The van der Waals surface area contributed by atoms with Gasteiger partial charge in [0, 0.05) is 0 Å². The highest BCUT2D eigenvalue weighted by molar-refractivity contribution is 6.21. The average Bonchev–Trinajstić information content (AvgIpc) is 2.74. The molecule has 0 spiro atoms. The molecule has 1 aromatic carbocycles. The van der Waals surface area contributed by atoms with Gasteiger partial charge < -0.3 is 10.0 Å². The summed E-state index contributed by atoms with van der Waals surface area (Å²) in [5.74, 6) is -0.905. The van der Waals surface area contributed by atoms with Crippen LogP contribution in [0.1, 0.15) is 34.6 Å². The first-order valence-electron chi connectivity index (χ1n) is 6.60. The Morgan fingerprint density at radius 1 is 1.19 bits per heavy atom. The summed E-state index contributed by atoms with van der Waals surface area (Å²) in [4.78, 5) is 30.0. The Kier molecular flexibility index (Phi) is 4.36. The van der Waals surface area contributed by atoms with Crippen LogP contribution in [-0.2, 0) is 4.84 Å². The molecular formula is C13H16N4O4. The van der Waals surface area contributed by atoms with Crippen molar-refractivity contribution in [3.05, 3.63) is 40.6 Å². The molecule has 2 amide bonds. The topological polar surface area (TPSA) is 88.3 Å². The second-order valence-corrected chi connectivity index (χ2v) is 4.32. The molecule has 1 heterocycles. The van der Waals surface area contributed by atoms with Gasteiger partial charge in [0.15, 0.2) is 0 Å². The Hall–Kier alpha value is -2.64. The first kappa shape index (κ1) is 14.8. The number of carbonyl (C=O) groups excluding carboxylic acids is 2. The maximum atomic E-state index is 12.0. The fourth-order valence-corrected chi connectivity index (χ4v) is 2.01. The van der Waals surface area contributed by atoms with Crippen LogP contribution in [0.5, 0.6) is 0 Å². The van der Waals surface area contributed by atoms with E-state index in [1.54, 1.807) is 38.1 Å². The van der Waals surface area contributed by atoms with Gasteiger partial charge in [-0.1, -0.05) is 12.1 Å². The van der Waals surface area contributed by atoms with E-state index in [0.717, 1.165) is 4.90 Å². The second kappa shape index (κ2) is 6.21. The van der Waals surface area contributed by atoms with E-state index in [1.807, 2.05) is 0 Å². The minimum Gasteiger partial charge on any atom is -0.569 e. The lowest BCUT2D eigenvalue weighted by molar-refractivity contribution is -0.710. The third kappa shape index (κ3) is 2.78. The van der Waals surface area contributed by atoms with Gasteiger partial charge in [-0.15, -0.1) is 5.01 Å². The van der Waals surface area contributed by atoms with E-state index >= 15 is 0 Å². The zero-order chi connectivity index (χ0) is 15.4. The van der Waals surface area contributed by atoms with Crippen molar-refractivity contribution in [2.75, 3.05) is 19.8 Å². The molecule has 0 radical (unpaired) electrons. The Morgan fingerprint density at radius 3 is 2.19 bits per heavy atom. The third-order valence-corrected chi connectivity index (χ3v) is 3.16. The van der Waals surface area contributed by atoms with Crippen molar-refractivity contribution in [2.45, 2.75) is 13.8 Å². The number of imide groups is 1. The van der Waals surface area contributed by atoms with E-state index in [1.165, 1.54) is 5.01 Å². The second-order valence-electron chi connectivity index (χ2n) is 4.32. The highest BCUT2D eigenvalue weighted by atomic mass is 16.7. The molecule has 112 valence electrons. The zero-order valence-electron chi connectivity index (χ0n) is 11.9. The van der Waals surface area contributed by atoms with Crippen LogP contribution in [-0.4, -0.2) is 46.5 Å². The van der Waals surface area contributed by atoms with Gasteiger partial charge in [0.1, 0.15) is 0 Å². The molecule has 0 saturated heterocycles. The summed E-state index contributed by atoms with van der Waals surface area (Å²) in [6.45, 7) is 4.15. The molecule has 0 aromatic heterocycles. The molecule has 0 saturated carbocycles. The van der Waals surface area contributed by atoms with Gasteiger partial charge >= 0.3 is 0 Å². The van der Waals surface area contributed by atoms with Crippen molar-refractivity contribution in [1.82, 2.24) is 9.91 Å². The normalized spacial score (nSPS) is 14.4. The number of carbonyl (C=O) groups is 2. The predicted octanol–water partition coefficient (Wildman–Crippen LogP) is 1.39. The molecule has 1 aliphatic rings. The van der Waals surface area contributed by atoms with Crippen molar-refractivity contribution in [2.24, 2.45) is 5.28 Å². The quantitative estimate of drug-likeness (QED) is 0.342. The number of fused-ring (bicyclic) bond motifs is 1. The van der Waals surface area contributed by atoms with E-state index in [4.69, 9.17) is 4.84 Å². The predicted molar refractivity (Wildman–Crippen MR) is 71.9 cm³/mol. The monoisotopic (exact) mass is 292 g/mol. The third-order valence-electron chi connectivity index (χ3n) is 3.16. The van der Waals surface area contributed by atoms with Crippen LogP contribution in [0.3, 0.4) is 0 Å². The molecule has 0 fully saturated rings. The molecule has 8 nitrogen and oxygen atoms in total. The van der Waals surface area contributed by atoms with Gasteiger partial charge in [0.05, 0.1) is 29.2 Å². The zero-order valence-corrected chi connectivity index (χ0v) is 11.9. The lowest BCUT2D eigenvalue weighted by atomic mass is 10.1. The number of amides is 2. The molecule has 8 heteroatoms. The molecule has 0 N–H and O–H groups in total. The summed E-state index contributed by atoms with van der Waals surface area (Å²) < 4.78 is 0. The summed E-state index contributed by atoms with van der Waals surface area (Å²) in [6, 6.07) is 6.50. The average molecular weight is 292 g/mol. The van der Waals surface area contributed by atoms with Crippen molar-refractivity contribution in [1.29, 1.82) is 0 Å². The molecule has 1 aromatic rings. The molecular weight excluding hydrogens is 276 g/mol. The number of rotatable bonds is 6. The summed E-state index contributed by atoms with van der Waals surface area (Å²) >= 11 is 0. The van der Waals surface area contributed by atoms with Crippen LogP contribution in [0.15, 0.2) is 29.5 Å². The van der Waals surface area contributed by atoms with E-state index in [9.17, 15) is 14.8 Å². The molecule has 0 aliphatic carbocycles. The summed E-state index contributed by atoms with van der Waals surface area (Å²) in [5.41, 5.74) is 0.655. The lowest BCUT2D eigenvalue weighted by Gasteiger charge is -2.14. The molecule has 0 unspecified atom stereocenters. The Morgan fingerprint density at radius 2 is 1.71 bits per heavy atom. The SMILES string of the molecule is CCN(CC)/[N+]([O-])=N\OCN1C(=O)c2ccccc2C1=O. The number of hydrogen-bond acceptors (Lipinski definition) is 5. The van der Waals surface area contributed by atoms with Gasteiger partial charge in [0.2, 0.25) is 12.0 Å². The smallest absolute Gasteiger partial charge is 0.264 e. The first-order valence-corrected chi connectivity index (χ1v) is 6.60. The molecule has 0 bridgehead atoms. The highest BCUT2D eigenvalue weighted by Gasteiger charge is 2.35. The van der Waals surface area contributed by atoms with Gasteiger partial charge in [-0.25, -0.2) is 4.90 Å². The van der Waals surface area contributed by atoms with E-state index in [2.05, 4.69) is 5.28 Å². The number of nitrogens with zero attached hydrogens (tertiary/aromatic N) is 4. The van der Waals surface area contributed by atoms with E-state index in [0.29, 0.717) is 29.2 Å². The van der Waals surface area contributed by atoms with Gasteiger partial charge in [0.25, 0.3) is 11.8 Å². The van der Waals surface area contributed by atoms with Crippen molar-refractivity contribution in [3.63, 3.8) is 0 Å². The number of benzene rings is 1. The Balaban J connectivity index is 2.01. The van der Waals surface area contributed by atoms with E-state index < -0.39 is 18.5 Å². The fourth-order valence-electron chi connectivity index (χ4n) is 2.01. The van der Waals surface area contributed by atoms with Crippen molar-refractivity contribution >= 4 is 11.8 Å². The summed E-state index contributed by atoms with van der Waals surface area (Å²) in [7, 11) is 0. The van der Waals surface area contributed by atoms with Gasteiger partial charge in [-0.2, -0.15) is 0 Å². The molecule has 0 atom stereocenters.